The Hall–Kier alpha value is -4.13. The van der Waals surface area contributed by atoms with Crippen LogP contribution in [-0.4, -0.2) is 18.1 Å². The maximum Gasteiger partial charge on any atom is 0.408 e. The van der Waals surface area contributed by atoms with Gasteiger partial charge in [-0.3, -0.25) is 0 Å². The van der Waals surface area contributed by atoms with Gasteiger partial charge in [0, 0.05) is 10.9 Å². The molecule has 0 aliphatic heterocycles. The van der Waals surface area contributed by atoms with Crippen LogP contribution in [0.25, 0.3) is 21.7 Å². The SMILES string of the molecule is Cc1c(OC(=O)[C@H](C)NC(=O)OCc2ccccc2)ccc2c1oc(=O)c1ccccc12. The Morgan fingerprint density at radius 1 is 0.938 bits per heavy atom. The van der Waals surface area contributed by atoms with Crippen molar-refractivity contribution in [3.63, 3.8) is 0 Å². The molecule has 162 valence electrons. The Balaban J connectivity index is 1.47. The van der Waals surface area contributed by atoms with Gasteiger partial charge in [-0.15, -0.1) is 0 Å². The summed E-state index contributed by atoms with van der Waals surface area (Å²) in [6.45, 7) is 3.29. The van der Waals surface area contributed by atoms with Crippen molar-refractivity contribution in [2.24, 2.45) is 0 Å². The summed E-state index contributed by atoms with van der Waals surface area (Å²) in [6, 6.07) is 18.8. The lowest BCUT2D eigenvalue weighted by Gasteiger charge is -2.15. The lowest BCUT2D eigenvalue weighted by atomic mass is 10.0. The van der Waals surface area contributed by atoms with Gasteiger partial charge in [-0.25, -0.2) is 14.4 Å². The number of amides is 1. The number of fused-ring (bicyclic) bond motifs is 3. The predicted octanol–water partition coefficient (Wildman–Crippen LogP) is 4.47. The minimum atomic E-state index is -0.947. The molecule has 0 radical (unpaired) electrons. The normalized spacial score (nSPS) is 11.8. The largest absolute Gasteiger partial charge is 0.445 e. The molecule has 1 N–H and O–H groups in total. The van der Waals surface area contributed by atoms with Crippen molar-refractivity contribution >= 4 is 33.8 Å². The number of benzene rings is 3. The first kappa shape index (κ1) is 21.1. The topological polar surface area (TPSA) is 94.8 Å². The molecular formula is C25H21NO6. The van der Waals surface area contributed by atoms with Crippen molar-refractivity contribution in [2.45, 2.75) is 26.5 Å². The molecule has 0 fully saturated rings. The van der Waals surface area contributed by atoms with Crippen molar-refractivity contribution in [1.82, 2.24) is 5.32 Å². The highest BCUT2D eigenvalue weighted by molar-refractivity contribution is 6.05. The lowest BCUT2D eigenvalue weighted by molar-refractivity contribution is -0.136. The van der Waals surface area contributed by atoms with Crippen molar-refractivity contribution < 1.29 is 23.5 Å². The molecule has 0 spiro atoms. The quantitative estimate of drug-likeness (QED) is 0.217. The molecule has 0 aliphatic rings. The van der Waals surface area contributed by atoms with Crippen LogP contribution < -0.4 is 15.7 Å². The van der Waals surface area contributed by atoms with Crippen molar-refractivity contribution in [1.29, 1.82) is 0 Å². The van der Waals surface area contributed by atoms with Gasteiger partial charge in [-0.05, 0) is 43.0 Å². The van der Waals surface area contributed by atoms with E-state index in [0.29, 0.717) is 16.5 Å². The number of rotatable bonds is 5. The average Bonchev–Trinajstić information content (AvgIpc) is 2.80. The van der Waals surface area contributed by atoms with E-state index in [1.165, 1.54) is 6.92 Å². The molecule has 7 heteroatoms. The summed E-state index contributed by atoms with van der Waals surface area (Å²) in [7, 11) is 0. The zero-order valence-electron chi connectivity index (χ0n) is 17.6. The average molecular weight is 431 g/mol. The van der Waals surface area contributed by atoms with Crippen LogP contribution in [0.15, 0.2) is 75.9 Å². The van der Waals surface area contributed by atoms with E-state index in [1.807, 2.05) is 42.5 Å². The molecule has 4 rings (SSSR count). The second kappa shape index (κ2) is 8.93. The second-order valence-electron chi connectivity index (χ2n) is 7.35. The van der Waals surface area contributed by atoms with Gasteiger partial charge >= 0.3 is 17.7 Å². The van der Waals surface area contributed by atoms with Gasteiger partial charge in [0.2, 0.25) is 0 Å². The van der Waals surface area contributed by atoms with Crippen molar-refractivity contribution in [3.05, 3.63) is 88.3 Å². The highest BCUT2D eigenvalue weighted by Crippen LogP contribution is 2.31. The standard InChI is InChI=1S/C25H21NO6/c1-15-21(13-12-19-18-10-6-7-11-20(18)24(28)32-22(15)19)31-23(27)16(2)26-25(29)30-14-17-8-4-3-5-9-17/h3-13,16H,14H2,1-2H3,(H,26,29)/t16-/m0/s1. The zero-order valence-corrected chi connectivity index (χ0v) is 17.6. The van der Waals surface area contributed by atoms with E-state index in [4.69, 9.17) is 13.9 Å². The number of carbonyl (C=O) groups is 2. The van der Waals surface area contributed by atoms with Crippen LogP contribution in [0.4, 0.5) is 4.79 Å². The number of ether oxygens (including phenoxy) is 2. The van der Waals surface area contributed by atoms with Crippen molar-refractivity contribution in [3.8, 4) is 5.75 Å². The molecule has 4 aromatic rings. The molecule has 3 aromatic carbocycles. The van der Waals surface area contributed by atoms with E-state index >= 15 is 0 Å². The Kier molecular flexibility index (Phi) is 5.89. The third kappa shape index (κ3) is 4.32. The third-order valence-electron chi connectivity index (χ3n) is 5.10. The zero-order chi connectivity index (χ0) is 22.7. The number of aryl methyl sites for hydroxylation is 1. The Bertz CT molecular complexity index is 1360. The van der Waals surface area contributed by atoms with Gasteiger partial charge in [0.05, 0.1) is 5.39 Å². The van der Waals surface area contributed by atoms with Crippen LogP contribution in [0, 0.1) is 6.92 Å². The van der Waals surface area contributed by atoms with Crippen LogP contribution in [0.2, 0.25) is 0 Å². The summed E-state index contributed by atoms with van der Waals surface area (Å²) >= 11 is 0. The molecule has 0 bridgehead atoms. The number of nitrogens with one attached hydrogen (secondary N) is 1. The summed E-state index contributed by atoms with van der Waals surface area (Å²) in [5, 5.41) is 4.44. The maximum absolute atomic E-state index is 12.5. The number of hydrogen-bond donors (Lipinski definition) is 1. The number of esters is 1. The molecule has 1 heterocycles. The van der Waals surface area contributed by atoms with Gasteiger partial charge in [0.25, 0.3) is 0 Å². The minimum absolute atomic E-state index is 0.0885. The van der Waals surface area contributed by atoms with E-state index in [2.05, 4.69) is 5.32 Å². The second-order valence-corrected chi connectivity index (χ2v) is 7.35. The number of carbonyl (C=O) groups excluding carboxylic acids is 2. The predicted molar refractivity (Wildman–Crippen MR) is 120 cm³/mol. The number of alkyl carbamates (subject to hydrolysis) is 1. The number of hydrogen-bond acceptors (Lipinski definition) is 6. The highest BCUT2D eigenvalue weighted by Gasteiger charge is 2.21. The van der Waals surface area contributed by atoms with Crippen LogP contribution in [0.3, 0.4) is 0 Å². The fourth-order valence-electron chi connectivity index (χ4n) is 3.37. The molecule has 0 unspecified atom stereocenters. The van der Waals surface area contributed by atoms with Gasteiger partial charge < -0.3 is 19.2 Å². The summed E-state index contributed by atoms with van der Waals surface area (Å²) in [6.07, 6.45) is -0.731. The molecular weight excluding hydrogens is 410 g/mol. The molecule has 1 aromatic heterocycles. The molecule has 1 amide bonds. The first-order chi connectivity index (χ1) is 15.4. The van der Waals surface area contributed by atoms with Crippen LogP contribution >= 0.6 is 0 Å². The first-order valence-electron chi connectivity index (χ1n) is 10.1. The fourth-order valence-corrected chi connectivity index (χ4v) is 3.37. The van der Waals surface area contributed by atoms with Crippen molar-refractivity contribution in [2.75, 3.05) is 0 Å². The Labute approximate surface area is 183 Å². The molecule has 0 saturated heterocycles. The van der Waals surface area contributed by atoms with Crippen LogP contribution in [0.1, 0.15) is 18.1 Å². The molecule has 0 saturated carbocycles. The van der Waals surface area contributed by atoms with E-state index in [0.717, 1.165) is 16.3 Å². The van der Waals surface area contributed by atoms with Gasteiger partial charge in [0.1, 0.15) is 24.0 Å². The molecule has 1 atom stereocenters. The summed E-state index contributed by atoms with van der Waals surface area (Å²) in [4.78, 5) is 36.8. The Morgan fingerprint density at radius 3 is 2.38 bits per heavy atom. The fraction of sp³-hybridized carbons (Fsp3) is 0.160. The third-order valence-corrected chi connectivity index (χ3v) is 5.10. The van der Waals surface area contributed by atoms with E-state index < -0.39 is 23.7 Å². The molecule has 0 aliphatic carbocycles. The summed E-state index contributed by atoms with van der Waals surface area (Å²) in [5.74, 6) is -0.431. The molecule has 7 nitrogen and oxygen atoms in total. The van der Waals surface area contributed by atoms with Gasteiger partial charge in [-0.1, -0.05) is 48.5 Å². The summed E-state index contributed by atoms with van der Waals surface area (Å²) in [5.41, 5.74) is 1.23. The maximum atomic E-state index is 12.5. The van der Waals surface area contributed by atoms with E-state index in [-0.39, 0.29) is 12.4 Å². The minimum Gasteiger partial charge on any atom is -0.445 e. The lowest BCUT2D eigenvalue weighted by Crippen LogP contribution is -2.41. The highest BCUT2D eigenvalue weighted by atomic mass is 16.6. The monoisotopic (exact) mass is 431 g/mol. The van der Waals surface area contributed by atoms with Gasteiger partial charge in [-0.2, -0.15) is 0 Å². The first-order valence-corrected chi connectivity index (χ1v) is 10.1. The van der Waals surface area contributed by atoms with Crippen LogP contribution in [-0.2, 0) is 16.1 Å². The van der Waals surface area contributed by atoms with E-state index in [1.54, 1.807) is 31.2 Å². The van der Waals surface area contributed by atoms with E-state index in [9.17, 15) is 14.4 Å². The van der Waals surface area contributed by atoms with Gasteiger partial charge in [0.15, 0.2) is 0 Å². The smallest absolute Gasteiger partial charge is 0.408 e. The van der Waals surface area contributed by atoms with Crippen LogP contribution in [0.5, 0.6) is 5.75 Å². The summed E-state index contributed by atoms with van der Waals surface area (Å²) < 4.78 is 16.1. The molecule has 32 heavy (non-hydrogen) atoms. The Morgan fingerprint density at radius 2 is 1.62 bits per heavy atom.